The second kappa shape index (κ2) is 6.17. The summed E-state index contributed by atoms with van der Waals surface area (Å²) in [6.45, 7) is 12.6. The molecule has 2 fully saturated rings. The third-order valence-electron chi connectivity index (χ3n) is 4.11. The van der Waals surface area contributed by atoms with Crippen LogP contribution in [0.4, 0.5) is 0 Å². The van der Waals surface area contributed by atoms with Crippen molar-refractivity contribution < 1.29 is 4.74 Å². The summed E-state index contributed by atoms with van der Waals surface area (Å²) in [5.74, 6) is 1.61. The van der Waals surface area contributed by atoms with E-state index in [1.165, 1.54) is 32.5 Å². The largest absolute Gasteiger partial charge is 0.377 e. The molecule has 0 aromatic rings. The number of likely N-dealkylation sites (tertiary alicyclic amines) is 1. The van der Waals surface area contributed by atoms with Gasteiger partial charge in [-0.3, -0.25) is 4.90 Å². The summed E-state index contributed by atoms with van der Waals surface area (Å²) in [7, 11) is 0. The van der Waals surface area contributed by atoms with Crippen molar-refractivity contribution in [1.82, 2.24) is 10.2 Å². The number of nitrogens with zero attached hydrogens (tertiary/aromatic N) is 1. The smallest absolute Gasteiger partial charge is 0.0703 e. The molecule has 0 aliphatic carbocycles. The van der Waals surface area contributed by atoms with E-state index < -0.39 is 0 Å². The van der Waals surface area contributed by atoms with Crippen molar-refractivity contribution in [2.45, 2.75) is 45.8 Å². The minimum absolute atomic E-state index is 0.442. The predicted molar refractivity (Wildman–Crippen MR) is 71.2 cm³/mol. The Hall–Kier alpha value is -0.120. The van der Waals surface area contributed by atoms with E-state index in [-0.39, 0.29) is 0 Å². The Morgan fingerprint density at radius 1 is 1.35 bits per heavy atom. The van der Waals surface area contributed by atoms with Crippen molar-refractivity contribution in [2.24, 2.45) is 11.8 Å². The van der Waals surface area contributed by atoms with E-state index in [2.05, 4.69) is 31.0 Å². The Morgan fingerprint density at radius 2 is 2.18 bits per heavy atom. The highest BCUT2D eigenvalue weighted by atomic mass is 16.5. The molecule has 0 aromatic carbocycles. The van der Waals surface area contributed by atoms with Crippen molar-refractivity contribution >= 4 is 0 Å². The van der Waals surface area contributed by atoms with Crippen LogP contribution in [0.3, 0.4) is 0 Å². The molecule has 2 rings (SSSR count). The molecule has 100 valence electrons. The lowest BCUT2D eigenvalue weighted by Gasteiger charge is -2.26. The van der Waals surface area contributed by atoms with Gasteiger partial charge in [0.25, 0.3) is 0 Å². The fraction of sp³-hybridized carbons (Fsp3) is 1.00. The van der Waals surface area contributed by atoms with Crippen molar-refractivity contribution in [1.29, 1.82) is 0 Å². The van der Waals surface area contributed by atoms with Crippen molar-refractivity contribution in [3.05, 3.63) is 0 Å². The van der Waals surface area contributed by atoms with Crippen LogP contribution in [0.5, 0.6) is 0 Å². The molecule has 0 bridgehead atoms. The molecule has 17 heavy (non-hydrogen) atoms. The summed E-state index contributed by atoms with van der Waals surface area (Å²) < 4.78 is 5.67. The Labute approximate surface area is 106 Å². The third-order valence-corrected chi connectivity index (χ3v) is 4.11. The number of rotatable bonds is 5. The fourth-order valence-corrected chi connectivity index (χ4v) is 3.11. The second-order valence-electron chi connectivity index (χ2n) is 6.13. The molecule has 3 heteroatoms. The Balaban J connectivity index is 1.68. The summed E-state index contributed by atoms with van der Waals surface area (Å²) in [5, 5.41) is 3.59. The average molecular weight is 240 g/mol. The van der Waals surface area contributed by atoms with Crippen LogP contribution in [-0.2, 0) is 4.74 Å². The number of hydrogen-bond acceptors (Lipinski definition) is 3. The molecule has 2 heterocycles. The number of ether oxygens (including phenoxy) is 1. The molecular weight excluding hydrogens is 212 g/mol. The summed E-state index contributed by atoms with van der Waals surface area (Å²) in [5.41, 5.74) is 0. The van der Waals surface area contributed by atoms with Crippen LogP contribution in [0.2, 0.25) is 0 Å². The maximum atomic E-state index is 5.67. The van der Waals surface area contributed by atoms with E-state index in [4.69, 9.17) is 4.74 Å². The molecule has 1 N–H and O–H groups in total. The molecule has 2 saturated heterocycles. The second-order valence-corrected chi connectivity index (χ2v) is 6.13. The lowest BCUT2D eigenvalue weighted by molar-refractivity contribution is 0.0817. The molecule has 0 spiro atoms. The molecule has 3 unspecified atom stereocenters. The summed E-state index contributed by atoms with van der Waals surface area (Å²) in [6, 6.07) is 0.685. The zero-order chi connectivity index (χ0) is 12.3. The molecule has 3 atom stereocenters. The van der Waals surface area contributed by atoms with Crippen LogP contribution in [0.25, 0.3) is 0 Å². The lowest BCUT2D eigenvalue weighted by Crippen LogP contribution is -2.38. The van der Waals surface area contributed by atoms with Crippen LogP contribution in [0.15, 0.2) is 0 Å². The van der Waals surface area contributed by atoms with Crippen LogP contribution in [0.1, 0.15) is 33.6 Å². The monoisotopic (exact) mass is 240 g/mol. The molecular formula is C14H28N2O. The lowest BCUT2D eigenvalue weighted by atomic mass is 10.1. The fourth-order valence-electron chi connectivity index (χ4n) is 3.11. The SMILES string of the molecule is CC(C)CNCC1CCN(C2CCOC2C)C1. The van der Waals surface area contributed by atoms with Crippen LogP contribution in [-0.4, -0.2) is 49.8 Å². The van der Waals surface area contributed by atoms with Crippen molar-refractivity contribution in [2.75, 3.05) is 32.8 Å². The van der Waals surface area contributed by atoms with E-state index >= 15 is 0 Å². The quantitative estimate of drug-likeness (QED) is 0.792. The molecule has 0 radical (unpaired) electrons. The van der Waals surface area contributed by atoms with Gasteiger partial charge in [0.05, 0.1) is 6.10 Å². The van der Waals surface area contributed by atoms with Crippen LogP contribution < -0.4 is 5.32 Å². The van der Waals surface area contributed by atoms with Gasteiger partial charge in [-0.15, -0.1) is 0 Å². The zero-order valence-electron chi connectivity index (χ0n) is 11.6. The Kier molecular flexibility index (Phi) is 4.83. The summed E-state index contributed by atoms with van der Waals surface area (Å²) in [4.78, 5) is 2.65. The van der Waals surface area contributed by atoms with Gasteiger partial charge in [-0.25, -0.2) is 0 Å². The Morgan fingerprint density at radius 3 is 2.82 bits per heavy atom. The van der Waals surface area contributed by atoms with E-state index in [1.807, 2.05) is 0 Å². The first-order valence-corrected chi connectivity index (χ1v) is 7.23. The standard InChI is InChI=1S/C14H28N2O/c1-11(2)8-15-9-13-4-6-16(10-13)14-5-7-17-12(14)3/h11-15H,4-10H2,1-3H3. The summed E-state index contributed by atoms with van der Waals surface area (Å²) in [6.07, 6.45) is 3.03. The van der Waals surface area contributed by atoms with Crippen molar-refractivity contribution in [3.63, 3.8) is 0 Å². The highest BCUT2D eigenvalue weighted by Crippen LogP contribution is 2.25. The van der Waals surface area contributed by atoms with E-state index in [0.717, 1.165) is 25.0 Å². The van der Waals surface area contributed by atoms with Crippen LogP contribution >= 0.6 is 0 Å². The molecule has 3 nitrogen and oxygen atoms in total. The molecule has 2 aliphatic rings. The van der Waals surface area contributed by atoms with Crippen LogP contribution in [0, 0.1) is 11.8 Å². The minimum atomic E-state index is 0.442. The third kappa shape index (κ3) is 3.67. The number of hydrogen-bond donors (Lipinski definition) is 1. The van der Waals surface area contributed by atoms with Gasteiger partial charge in [-0.2, -0.15) is 0 Å². The van der Waals surface area contributed by atoms with Gasteiger partial charge in [0.1, 0.15) is 0 Å². The number of nitrogens with one attached hydrogen (secondary N) is 1. The van der Waals surface area contributed by atoms with Gasteiger partial charge in [-0.1, -0.05) is 13.8 Å². The highest BCUT2D eigenvalue weighted by Gasteiger charge is 2.34. The normalized spacial score (nSPS) is 34.9. The van der Waals surface area contributed by atoms with Gasteiger partial charge in [0, 0.05) is 19.2 Å². The Bertz CT molecular complexity index is 232. The van der Waals surface area contributed by atoms with Gasteiger partial charge in [0.2, 0.25) is 0 Å². The van der Waals surface area contributed by atoms with Gasteiger partial charge >= 0.3 is 0 Å². The first-order chi connectivity index (χ1) is 8.16. The minimum Gasteiger partial charge on any atom is -0.377 e. The van der Waals surface area contributed by atoms with E-state index in [0.29, 0.717) is 12.1 Å². The topological polar surface area (TPSA) is 24.5 Å². The molecule has 0 aromatic heterocycles. The van der Waals surface area contributed by atoms with Gasteiger partial charge in [-0.05, 0) is 51.2 Å². The summed E-state index contributed by atoms with van der Waals surface area (Å²) >= 11 is 0. The van der Waals surface area contributed by atoms with E-state index in [1.54, 1.807) is 0 Å². The molecule has 2 aliphatic heterocycles. The zero-order valence-corrected chi connectivity index (χ0v) is 11.6. The van der Waals surface area contributed by atoms with Gasteiger partial charge in [0.15, 0.2) is 0 Å². The van der Waals surface area contributed by atoms with Gasteiger partial charge < -0.3 is 10.1 Å². The van der Waals surface area contributed by atoms with Crippen molar-refractivity contribution in [3.8, 4) is 0 Å². The highest BCUT2D eigenvalue weighted by molar-refractivity contribution is 4.88. The first-order valence-electron chi connectivity index (χ1n) is 7.23. The maximum absolute atomic E-state index is 5.67. The molecule has 0 saturated carbocycles. The maximum Gasteiger partial charge on any atom is 0.0703 e. The average Bonchev–Trinajstić information content (AvgIpc) is 2.86. The first kappa shape index (κ1) is 13.3. The molecule has 0 amide bonds. The van der Waals surface area contributed by atoms with E-state index in [9.17, 15) is 0 Å². The predicted octanol–water partition coefficient (Wildman–Crippen LogP) is 1.73.